The first-order chi connectivity index (χ1) is 11.3. The zero-order valence-corrected chi connectivity index (χ0v) is 13.3. The van der Waals surface area contributed by atoms with Crippen LogP contribution < -0.4 is 0 Å². The van der Waals surface area contributed by atoms with Crippen molar-refractivity contribution in [3.8, 4) is 0 Å². The van der Waals surface area contributed by atoms with E-state index in [9.17, 15) is 4.39 Å². The number of halogens is 1. The van der Waals surface area contributed by atoms with E-state index in [2.05, 4.69) is 21.5 Å². The van der Waals surface area contributed by atoms with Crippen molar-refractivity contribution in [1.82, 2.24) is 4.90 Å². The van der Waals surface area contributed by atoms with Gasteiger partial charge < -0.3 is 9.57 Å². The zero-order chi connectivity index (χ0) is 15.6. The molecule has 4 rings (SSSR count). The van der Waals surface area contributed by atoms with Crippen molar-refractivity contribution in [1.29, 1.82) is 0 Å². The molecule has 2 unspecified atom stereocenters. The average Bonchev–Trinajstić information content (AvgIpc) is 3.04. The van der Waals surface area contributed by atoms with Crippen LogP contribution in [0.3, 0.4) is 0 Å². The number of rotatable bonds is 3. The lowest BCUT2D eigenvalue weighted by molar-refractivity contribution is -0.0665. The Morgan fingerprint density at radius 2 is 2.13 bits per heavy atom. The van der Waals surface area contributed by atoms with E-state index in [0.717, 1.165) is 25.1 Å². The molecule has 2 atom stereocenters. The maximum atomic E-state index is 13.6. The van der Waals surface area contributed by atoms with Crippen molar-refractivity contribution in [3.63, 3.8) is 0 Å². The molecule has 120 valence electrons. The van der Waals surface area contributed by atoms with Crippen molar-refractivity contribution in [3.05, 3.63) is 57.8 Å². The minimum absolute atomic E-state index is 0.153. The smallest absolute Gasteiger partial charge is 0.276 e. The molecule has 3 heterocycles. The van der Waals surface area contributed by atoms with Crippen molar-refractivity contribution >= 4 is 17.2 Å². The number of ether oxygens (including phenoxy) is 1. The number of hydrogen-bond donors (Lipinski definition) is 0. The van der Waals surface area contributed by atoms with E-state index in [-0.39, 0.29) is 12.6 Å². The lowest BCUT2D eigenvalue weighted by Gasteiger charge is -2.35. The fourth-order valence-electron chi connectivity index (χ4n) is 3.10. The van der Waals surface area contributed by atoms with Gasteiger partial charge in [0.25, 0.3) is 12.3 Å². The third kappa shape index (κ3) is 2.96. The van der Waals surface area contributed by atoms with Crippen LogP contribution in [0.15, 0.2) is 46.9 Å². The normalized spacial score (nSPS) is 22.5. The van der Waals surface area contributed by atoms with E-state index in [1.165, 1.54) is 10.4 Å². The van der Waals surface area contributed by atoms with E-state index in [1.54, 1.807) is 11.3 Å². The van der Waals surface area contributed by atoms with Gasteiger partial charge in [0.05, 0.1) is 0 Å². The average molecular weight is 332 g/mol. The highest BCUT2D eigenvalue weighted by atomic mass is 32.1. The minimum Gasteiger partial charge on any atom is -0.439 e. The molecule has 4 nitrogen and oxygen atoms in total. The van der Waals surface area contributed by atoms with Gasteiger partial charge in [-0.25, -0.2) is 0 Å². The topological polar surface area (TPSA) is 34.1 Å². The third-order valence-corrected chi connectivity index (χ3v) is 5.18. The molecule has 0 saturated carbocycles. The van der Waals surface area contributed by atoms with Crippen LogP contribution in [0, 0.1) is 0 Å². The standard InChI is InChI=1S/C17H17FN2O2S/c18-15-11-21-19-17(22-15)16(12-4-2-1-3-5-12)20-8-6-14-13(10-20)7-9-23-14/h1-5,7,9,15-16H,6,8,10-11H2. The van der Waals surface area contributed by atoms with Gasteiger partial charge in [0.15, 0.2) is 6.61 Å². The number of thiophene rings is 1. The van der Waals surface area contributed by atoms with Crippen LogP contribution in [0.5, 0.6) is 0 Å². The van der Waals surface area contributed by atoms with Crippen molar-refractivity contribution in [2.24, 2.45) is 5.16 Å². The fraction of sp³-hybridized carbons (Fsp3) is 0.353. The Hall–Kier alpha value is -1.92. The largest absolute Gasteiger partial charge is 0.439 e. The van der Waals surface area contributed by atoms with Crippen LogP contribution in [0.25, 0.3) is 0 Å². The molecule has 0 bridgehead atoms. The predicted molar refractivity (Wildman–Crippen MR) is 87.0 cm³/mol. The van der Waals surface area contributed by atoms with Crippen molar-refractivity contribution in [2.75, 3.05) is 13.2 Å². The summed E-state index contributed by atoms with van der Waals surface area (Å²) in [5.41, 5.74) is 2.36. The van der Waals surface area contributed by atoms with Crippen LogP contribution in [0.1, 0.15) is 22.0 Å². The lowest BCUT2D eigenvalue weighted by atomic mass is 10.0. The molecule has 2 aromatic rings. The summed E-state index contributed by atoms with van der Waals surface area (Å²) in [6, 6.07) is 11.9. The molecule has 1 aromatic carbocycles. The second kappa shape index (κ2) is 6.29. The molecule has 0 radical (unpaired) electrons. The second-order valence-electron chi connectivity index (χ2n) is 5.66. The number of nitrogens with zero attached hydrogens (tertiary/aromatic N) is 2. The number of alkyl halides is 1. The Labute approximate surface area is 138 Å². The van der Waals surface area contributed by atoms with E-state index in [4.69, 9.17) is 9.57 Å². The van der Waals surface area contributed by atoms with Crippen LogP contribution in [-0.2, 0) is 22.5 Å². The molecule has 2 aliphatic rings. The predicted octanol–water partition coefficient (Wildman–Crippen LogP) is 3.50. The molecule has 23 heavy (non-hydrogen) atoms. The van der Waals surface area contributed by atoms with Crippen molar-refractivity contribution < 1.29 is 14.0 Å². The van der Waals surface area contributed by atoms with E-state index >= 15 is 0 Å². The Balaban J connectivity index is 1.67. The summed E-state index contributed by atoms with van der Waals surface area (Å²) in [7, 11) is 0. The first-order valence-electron chi connectivity index (χ1n) is 7.66. The molecule has 2 aliphatic heterocycles. The number of fused-ring (bicyclic) bond motifs is 1. The van der Waals surface area contributed by atoms with Crippen molar-refractivity contribution in [2.45, 2.75) is 25.4 Å². The SMILES string of the molecule is FC1CON=C(C(c2ccccc2)N2CCc3sccc3C2)O1. The molecule has 0 spiro atoms. The molecule has 0 N–H and O–H groups in total. The Morgan fingerprint density at radius 3 is 2.96 bits per heavy atom. The Morgan fingerprint density at radius 1 is 1.26 bits per heavy atom. The molecule has 0 saturated heterocycles. The van der Waals surface area contributed by atoms with Gasteiger partial charge in [-0.05, 0) is 34.1 Å². The summed E-state index contributed by atoms with van der Waals surface area (Å²) in [5, 5.41) is 6.12. The summed E-state index contributed by atoms with van der Waals surface area (Å²) in [5.74, 6) is 0.300. The van der Waals surface area contributed by atoms with Crippen LogP contribution in [-0.4, -0.2) is 30.3 Å². The molecule has 6 heteroatoms. The van der Waals surface area contributed by atoms with Gasteiger partial charge >= 0.3 is 0 Å². The van der Waals surface area contributed by atoms with E-state index in [1.807, 2.05) is 30.3 Å². The summed E-state index contributed by atoms with van der Waals surface area (Å²) >= 11 is 1.80. The number of hydrogen-bond acceptors (Lipinski definition) is 5. The van der Waals surface area contributed by atoms with Crippen LogP contribution in [0.4, 0.5) is 4.39 Å². The van der Waals surface area contributed by atoms with E-state index in [0.29, 0.717) is 5.90 Å². The maximum absolute atomic E-state index is 13.6. The van der Waals surface area contributed by atoms with Gasteiger partial charge in [-0.1, -0.05) is 30.3 Å². The van der Waals surface area contributed by atoms with Gasteiger partial charge in [-0.15, -0.1) is 11.3 Å². The Kier molecular flexibility index (Phi) is 4.01. The molecule has 0 amide bonds. The summed E-state index contributed by atoms with van der Waals surface area (Å²) in [6.45, 7) is 1.53. The quantitative estimate of drug-likeness (QED) is 0.863. The van der Waals surface area contributed by atoms with Gasteiger partial charge in [0.2, 0.25) is 0 Å². The molecule has 0 aliphatic carbocycles. The van der Waals surface area contributed by atoms with E-state index < -0.39 is 6.36 Å². The van der Waals surface area contributed by atoms with Gasteiger partial charge in [-0.2, -0.15) is 4.39 Å². The summed E-state index contributed by atoms with van der Waals surface area (Å²) < 4.78 is 19.0. The summed E-state index contributed by atoms with van der Waals surface area (Å²) in [4.78, 5) is 8.70. The van der Waals surface area contributed by atoms with Gasteiger partial charge in [0, 0.05) is 18.0 Å². The highest BCUT2D eigenvalue weighted by Crippen LogP contribution is 2.32. The highest BCUT2D eigenvalue weighted by Gasteiger charge is 2.34. The van der Waals surface area contributed by atoms with Gasteiger partial charge in [0.1, 0.15) is 6.04 Å². The molecule has 0 fully saturated rings. The van der Waals surface area contributed by atoms with Gasteiger partial charge in [-0.3, -0.25) is 4.90 Å². The third-order valence-electron chi connectivity index (χ3n) is 4.16. The molecular weight excluding hydrogens is 315 g/mol. The highest BCUT2D eigenvalue weighted by molar-refractivity contribution is 7.10. The molecular formula is C17H17FN2O2S. The fourth-order valence-corrected chi connectivity index (χ4v) is 3.99. The number of oxime groups is 1. The van der Waals surface area contributed by atoms with Crippen LogP contribution in [0.2, 0.25) is 0 Å². The Bertz CT molecular complexity index is 704. The van der Waals surface area contributed by atoms with Crippen LogP contribution >= 0.6 is 11.3 Å². The lowest BCUT2D eigenvalue weighted by Crippen LogP contribution is -2.41. The maximum Gasteiger partial charge on any atom is 0.276 e. The number of benzene rings is 1. The molecule has 1 aromatic heterocycles. The minimum atomic E-state index is -1.46. The monoisotopic (exact) mass is 332 g/mol. The second-order valence-corrected chi connectivity index (χ2v) is 6.66. The first-order valence-corrected chi connectivity index (χ1v) is 8.54. The zero-order valence-electron chi connectivity index (χ0n) is 12.5. The summed E-state index contributed by atoms with van der Waals surface area (Å²) in [6.07, 6.45) is -0.473. The first kappa shape index (κ1) is 14.7.